The second-order valence-corrected chi connectivity index (χ2v) is 9.02. The van der Waals surface area contributed by atoms with Crippen molar-refractivity contribution in [1.29, 1.82) is 0 Å². The highest BCUT2D eigenvalue weighted by Crippen LogP contribution is 2.51. The highest BCUT2D eigenvalue weighted by atomic mass is 32.2. The summed E-state index contributed by atoms with van der Waals surface area (Å²) in [6, 6.07) is 10.1. The van der Waals surface area contributed by atoms with E-state index >= 15 is 0 Å². The molecule has 0 unspecified atom stereocenters. The Morgan fingerprint density at radius 2 is 1.96 bits per heavy atom. The molecule has 1 aromatic carbocycles. The zero-order valence-electron chi connectivity index (χ0n) is 15.2. The number of benzene rings is 1. The largest absolute Gasteiger partial charge is 0.548 e. The van der Waals surface area contributed by atoms with Crippen molar-refractivity contribution in [2.24, 2.45) is 0 Å². The maximum absolute atomic E-state index is 12.6. The number of hydrogen-bond acceptors (Lipinski definition) is 7. The molecular weight excluding hydrogens is 364 g/mol. The van der Waals surface area contributed by atoms with E-state index in [4.69, 9.17) is 0 Å². The van der Waals surface area contributed by atoms with Crippen LogP contribution in [0.25, 0.3) is 11.3 Å². The van der Waals surface area contributed by atoms with Gasteiger partial charge in [-0.05, 0) is 20.8 Å². The van der Waals surface area contributed by atoms with Gasteiger partial charge >= 0.3 is 0 Å². The molecule has 0 aliphatic carbocycles. The van der Waals surface area contributed by atoms with Gasteiger partial charge in [0, 0.05) is 16.4 Å². The van der Waals surface area contributed by atoms with Crippen molar-refractivity contribution < 1.29 is 14.7 Å². The molecule has 1 N–H and O–H groups in total. The number of nitrogens with zero attached hydrogens (tertiary/aromatic N) is 3. The number of anilines is 1. The minimum absolute atomic E-state index is 0.246. The van der Waals surface area contributed by atoms with E-state index < -0.39 is 22.8 Å². The summed E-state index contributed by atoms with van der Waals surface area (Å²) < 4.78 is -0.605. The van der Waals surface area contributed by atoms with Gasteiger partial charge in [0.2, 0.25) is 5.91 Å². The molecule has 1 amide bonds. The normalized spacial score (nSPS) is 25.7. The van der Waals surface area contributed by atoms with Crippen LogP contribution in [0, 0.1) is 6.92 Å². The van der Waals surface area contributed by atoms with E-state index in [1.165, 1.54) is 16.7 Å². The van der Waals surface area contributed by atoms with Crippen LogP contribution in [0.5, 0.6) is 0 Å². The quantitative estimate of drug-likeness (QED) is 0.788. The lowest BCUT2D eigenvalue weighted by Gasteiger charge is -2.45. The minimum Gasteiger partial charge on any atom is -0.548 e. The molecule has 3 heterocycles. The van der Waals surface area contributed by atoms with E-state index in [9.17, 15) is 14.7 Å². The van der Waals surface area contributed by atoms with Crippen LogP contribution in [0.1, 0.15) is 19.7 Å². The molecule has 4 rings (SSSR count). The number of aromatic nitrogens is 2. The number of rotatable bonds is 4. The molecule has 2 fully saturated rings. The standard InChI is InChI=1S/C19H20N4O3S/c1-10-20-12(11-7-5-4-6-8-11)9-13(21-10)22-14-16(24)23-15(18(25)26)19(2,3)27-17(14)23/h4-9,14-15,17H,1-3H3,(H,25,26)(H,20,21,22)/p-1/t14-,15-,17+/m1/s1. The molecule has 27 heavy (non-hydrogen) atoms. The highest BCUT2D eigenvalue weighted by Gasteiger charge is 2.61. The molecule has 8 heteroatoms. The summed E-state index contributed by atoms with van der Waals surface area (Å²) in [6.07, 6.45) is 0. The number of carboxylic acid groups (broad SMARTS) is 1. The first-order valence-electron chi connectivity index (χ1n) is 8.66. The number of hydrogen-bond donors (Lipinski definition) is 1. The Balaban J connectivity index is 1.59. The molecular formula is C19H19N4O3S-. The predicted molar refractivity (Wildman–Crippen MR) is 101 cm³/mol. The number of aliphatic carboxylic acids is 1. The topological polar surface area (TPSA) is 98.2 Å². The number of fused-ring (bicyclic) bond motifs is 1. The zero-order valence-corrected chi connectivity index (χ0v) is 16.0. The lowest BCUT2D eigenvalue weighted by molar-refractivity contribution is -0.312. The third-order valence-corrected chi connectivity index (χ3v) is 6.45. The minimum atomic E-state index is -1.22. The zero-order chi connectivity index (χ0) is 19.3. The van der Waals surface area contributed by atoms with Gasteiger partial charge in [0.05, 0.1) is 17.7 Å². The predicted octanol–water partition coefficient (Wildman–Crippen LogP) is 1.04. The molecule has 0 radical (unpaired) electrons. The molecule has 3 atom stereocenters. The van der Waals surface area contributed by atoms with E-state index in [0.29, 0.717) is 11.6 Å². The first kappa shape index (κ1) is 17.8. The van der Waals surface area contributed by atoms with Gasteiger partial charge in [0.1, 0.15) is 23.1 Å². The first-order valence-corrected chi connectivity index (χ1v) is 9.54. The summed E-state index contributed by atoms with van der Waals surface area (Å²) in [4.78, 5) is 34.4. The first-order chi connectivity index (χ1) is 12.8. The van der Waals surface area contributed by atoms with Crippen molar-refractivity contribution in [3.05, 3.63) is 42.2 Å². The number of nitrogens with one attached hydrogen (secondary N) is 1. The van der Waals surface area contributed by atoms with Crippen molar-refractivity contribution in [3.63, 3.8) is 0 Å². The van der Waals surface area contributed by atoms with Crippen LogP contribution in [-0.4, -0.2) is 48.9 Å². The molecule has 2 aliphatic rings. The molecule has 0 saturated carbocycles. The number of carbonyl (C=O) groups excluding carboxylic acids is 2. The fourth-order valence-electron chi connectivity index (χ4n) is 3.68. The Kier molecular flexibility index (Phi) is 4.10. The Hall–Kier alpha value is -2.61. The lowest BCUT2D eigenvalue weighted by Crippen LogP contribution is -2.69. The van der Waals surface area contributed by atoms with Gasteiger partial charge in [0.25, 0.3) is 0 Å². The van der Waals surface area contributed by atoms with Crippen molar-refractivity contribution in [2.75, 3.05) is 5.32 Å². The van der Waals surface area contributed by atoms with E-state index in [1.54, 1.807) is 13.0 Å². The van der Waals surface area contributed by atoms with Crippen LogP contribution in [0.3, 0.4) is 0 Å². The number of carboxylic acids is 1. The highest BCUT2D eigenvalue weighted by molar-refractivity contribution is 8.01. The summed E-state index contributed by atoms with van der Waals surface area (Å²) in [5.41, 5.74) is 1.72. The maximum atomic E-state index is 12.6. The van der Waals surface area contributed by atoms with Gasteiger partial charge in [-0.1, -0.05) is 30.3 Å². The van der Waals surface area contributed by atoms with Crippen LogP contribution in [-0.2, 0) is 9.59 Å². The Labute approximate surface area is 161 Å². The van der Waals surface area contributed by atoms with Crippen LogP contribution >= 0.6 is 11.8 Å². The third kappa shape index (κ3) is 2.93. The van der Waals surface area contributed by atoms with Crippen molar-refractivity contribution in [3.8, 4) is 11.3 Å². The van der Waals surface area contributed by atoms with E-state index in [0.717, 1.165) is 11.3 Å². The summed E-state index contributed by atoms with van der Waals surface area (Å²) in [5.74, 6) is -0.319. The molecule has 0 spiro atoms. The number of amides is 1. The van der Waals surface area contributed by atoms with Crippen LogP contribution in [0.4, 0.5) is 5.82 Å². The summed E-state index contributed by atoms with van der Waals surface area (Å²) >= 11 is 1.47. The van der Waals surface area contributed by atoms with Crippen LogP contribution in [0.2, 0.25) is 0 Å². The third-order valence-electron chi connectivity index (χ3n) is 4.88. The van der Waals surface area contributed by atoms with E-state index in [1.807, 2.05) is 44.2 Å². The molecule has 2 saturated heterocycles. The lowest BCUT2D eigenvalue weighted by atomic mass is 9.96. The monoisotopic (exact) mass is 383 g/mol. The molecule has 7 nitrogen and oxygen atoms in total. The van der Waals surface area contributed by atoms with E-state index in [2.05, 4.69) is 15.3 Å². The molecule has 2 aliphatic heterocycles. The average Bonchev–Trinajstić information content (AvgIpc) is 2.88. The van der Waals surface area contributed by atoms with Crippen molar-refractivity contribution in [2.45, 2.75) is 43.0 Å². The van der Waals surface area contributed by atoms with Gasteiger partial charge in [0.15, 0.2) is 0 Å². The van der Waals surface area contributed by atoms with Crippen molar-refractivity contribution >= 4 is 29.5 Å². The fourth-order valence-corrected chi connectivity index (χ4v) is 5.30. The van der Waals surface area contributed by atoms with Crippen molar-refractivity contribution in [1.82, 2.24) is 14.9 Å². The average molecular weight is 383 g/mol. The van der Waals surface area contributed by atoms with Gasteiger partial charge in [-0.25, -0.2) is 9.97 Å². The Morgan fingerprint density at radius 3 is 2.63 bits per heavy atom. The van der Waals surface area contributed by atoms with Gasteiger partial charge in [-0.3, -0.25) is 4.79 Å². The second kappa shape index (κ2) is 6.23. The number of β-lactam (4-membered cyclic amide) rings is 1. The summed E-state index contributed by atoms with van der Waals surface area (Å²) in [6.45, 7) is 5.44. The number of aryl methyl sites for hydroxylation is 1. The Morgan fingerprint density at radius 1 is 1.26 bits per heavy atom. The van der Waals surface area contributed by atoms with E-state index in [-0.39, 0.29) is 11.3 Å². The molecule has 1 aromatic heterocycles. The van der Waals surface area contributed by atoms with Gasteiger partial charge < -0.3 is 20.1 Å². The molecule has 140 valence electrons. The smallest absolute Gasteiger partial charge is 0.249 e. The summed E-state index contributed by atoms with van der Waals surface area (Å²) in [5, 5.41) is 14.4. The van der Waals surface area contributed by atoms with Gasteiger partial charge in [-0.15, -0.1) is 11.8 Å². The van der Waals surface area contributed by atoms with Crippen LogP contribution < -0.4 is 10.4 Å². The SMILES string of the molecule is Cc1nc(N[C@@H]2C(=O)N3[C@H]2SC(C)(C)[C@H]3C(=O)[O-])cc(-c2ccccc2)n1. The maximum Gasteiger partial charge on any atom is 0.249 e. The number of thioether (sulfide) groups is 1. The Bertz CT molecular complexity index is 918. The fraction of sp³-hybridized carbons (Fsp3) is 0.368. The number of carbonyl (C=O) groups is 2. The van der Waals surface area contributed by atoms with Gasteiger partial charge in [-0.2, -0.15) is 0 Å². The second-order valence-electron chi connectivity index (χ2n) is 7.25. The van der Waals surface area contributed by atoms with Crippen LogP contribution in [0.15, 0.2) is 36.4 Å². The molecule has 0 bridgehead atoms. The summed E-state index contributed by atoms with van der Waals surface area (Å²) in [7, 11) is 0. The molecule has 2 aromatic rings.